The zero-order valence-corrected chi connectivity index (χ0v) is 11.6. The van der Waals surface area contributed by atoms with Crippen LogP contribution in [0, 0.1) is 0 Å². The first-order valence-corrected chi connectivity index (χ1v) is 6.71. The maximum atomic E-state index is 12.7. The maximum Gasteiger partial charge on any atom is 0.327 e. The lowest BCUT2D eigenvalue weighted by atomic mass is 10.1. The van der Waals surface area contributed by atoms with E-state index < -0.39 is 17.9 Å². The van der Waals surface area contributed by atoms with Crippen LogP contribution in [0.25, 0.3) is 0 Å². The summed E-state index contributed by atoms with van der Waals surface area (Å²) in [4.78, 5) is 29.3. The minimum absolute atomic E-state index is 0.196. The molecule has 2 heterocycles. The standard InChI is InChI=1S/C15H11ClN2O3/c16-11-5-6-17-8-10(11)14(19)18-12-4-2-1-3-9(12)7-13(18)15(20)21/h1-6,8,13H,7H2,(H,20,21)/t13-/m0/s1. The van der Waals surface area contributed by atoms with Crippen molar-refractivity contribution in [2.24, 2.45) is 0 Å². The molecule has 0 fully saturated rings. The summed E-state index contributed by atoms with van der Waals surface area (Å²) in [7, 11) is 0. The molecule has 1 aromatic carbocycles. The summed E-state index contributed by atoms with van der Waals surface area (Å²) in [6.07, 6.45) is 3.12. The van der Waals surface area contributed by atoms with Crippen LogP contribution >= 0.6 is 11.6 Å². The summed E-state index contributed by atoms with van der Waals surface area (Å²) in [5, 5.41) is 9.63. The number of amides is 1. The number of hydrogen-bond donors (Lipinski definition) is 1. The number of carboxylic acid groups (broad SMARTS) is 1. The fourth-order valence-corrected chi connectivity index (χ4v) is 2.69. The van der Waals surface area contributed by atoms with Crippen molar-refractivity contribution in [1.82, 2.24) is 4.98 Å². The number of anilines is 1. The van der Waals surface area contributed by atoms with Crippen molar-refractivity contribution >= 4 is 29.2 Å². The van der Waals surface area contributed by atoms with Crippen LogP contribution < -0.4 is 4.90 Å². The molecule has 0 bridgehead atoms. The molecule has 6 heteroatoms. The molecule has 0 aliphatic carbocycles. The summed E-state index contributed by atoms with van der Waals surface area (Å²) in [5.41, 5.74) is 1.63. The molecule has 1 atom stereocenters. The maximum absolute atomic E-state index is 12.7. The summed E-state index contributed by atoms with van der Waals surface area (Å²) in [5.74, 6) is -1.50. The third-order valence-electron chi connectivity index (χ3n) is 3.48. The van der Waals surface area contributed by atoms with Gasteiger partial charge in [-0.15, -0.1) is 0 Å². The number of halogens is 1. The Morgan fingerprint density at radius 3 is 2.76 bits per heavy atom. The van der Waals surface area contributed by atoms with Gasteiger partial charge < -0.3 is 5.11 Å². The van der Waals surface area contributed by atoms with Crippen LogP contribution in [-0.4, -0.2) is 28.0 Å². The normalized spacial score (nSPS) is 16.6. The molecule has 0 saturated heterocycles. The lowest BCUT2D eigenvalue weighted by Gasteiger charge is -2.22. The Morgan fingerprint density at radius 1 is 1.29 bits per heavy atom. The molecule has 0 radical (unpaired) electrons. The molecule has 5 nitrogen and oxygen atoms in total. The van der Waals surface area contributed by atoms with Gasteiger partial charge in [-0.3, -0.25) is 14.7 Å². The van der Waals surface area contributed by atoms with E-state index in [-0.39, 0.29) is 17.0 Å². The van der Waals surface area contributed by atoms with Gasteiger partial charge in [0.05, 0.1) is 10.6 Å². The first-order valence-electron chi connectivity index (χ1n) is 6.33. The van der Waals surface area contributed by atoms with E-state index in [9.17, 15) is 14.7 Å². The predicted octanol–water partition coefficient (Wildman–Crippen LogP) is 2.39. The Kier molecular flexibility index (Phi) is 3.35. The number of nitrogens with zero attached hydrogens (tertiary/aromatic N) is 2. The number of carbonyl (C=O) groups is 2. The van der Waals surface area contributed by atoms with Crippen molar-refractivity contribution < 1.29 is 14.7 Å². The van der Waals surface area contributed by atoms with Crippen LogP contribution in [0.3, 0.4) is 0 Å². The summed E-state index contributed by atoms with van der Waals surface area (Å²) in [6.45, 7) is 0. The average molecular weight is 303 g/mol. The summed E-state index contributed by atoms with van der Waals surface area (Å²) in [6, 6.07) is 7.74. The van der Waals surface area contributed by atoms with Gasteiger partial charge in [0.2, 0.25) is 0 Å². The SMILES string of the molecule is O=C(O)[C@@H]1Cc2ccccc2N1C(=O)c1cnccc1Cl. The highest BCUT2D eigenvalue weighted by atomic mass is 35.5. The Balaban J connectivity index is 2.08. The van der Waals surface area contributed by atoms with E-state index in [4.69, 9.17) is 11.6 Å². The first kappa shape index (κ1) is 13.6. The smallest absolute Gasteiger partial charge is 0.327 e. The van der Waals surface area contributed by atoms with Gasteiger partial charge in [-0.25, -0.2) is 4.79 Å². The molecule has 1 aromatic heterocycles. The van der Waals surface area contributed by atoms with Gasteiger partial charge in [0, 0.05) is 24.5 Å². The average Bonchev–Trinajstić information content (AvgIpc) is 2.86. The molecule has 3 rings (SSSR count). The molecule has 0 saturated carbocycles. The number of hydrogen-bond acceptors (Lipinski definition) is 3. The van der Waals surface area contributed by atoms with Crippen molar-refractivity contribution in [2.75, 3.05) is 4.90 Å². The number of pyridine rings is 1. The van der Waals surface area contributed by atoms with E-state index in [0.717, 1.165) is 5.56 Å². The van der Waals surface area contributed by atoms with E-state index >= 15 is 0 Å². The molecule has 1 aliphatic heterocycles. The van der Waals surface area contributed by atoms with Crippen LogP contribution in [0.2, 0.25) is 5.02 Å². The van der Waals surface area contributed by atoms with Crippen LogP contribution in [-0.2, 0) is 11.2 Å². The Hall–Kier alpha value is -2.40. The highest BCUT2D eigenvalue weighted by molar-refractivity contribution is 6.34. The van der Waals surface area contributed by atoms with E-state index in [1.165, 1.54) is 23.4 Å². The number of aliphatic carboxylic acids is 1. The zero-order chi connectivity index (χ0) is 15.0. The lowest BCUT2D eigenvalue weighted by molar-refractivity contribution is -0.138. The van der Waals surface area contributed by atoms with Gasteiger partial charge in [0.1, 0.15) is 6.04 Å². The molecule has 2 aromatic rings. The number of fused-ring (bicyclic) bond motifs is 1. The van der Waals surface area contributed by atoms with Crippen LogP contribution in [0.4, 0.5) is 5.69 Å². The second-order valence-corrected chi connectivity index (χ2v) is 5.12. The fraction of sp³-hybridized carbons (Fsp3) is 0.133. The van der Waals surface area contributed by atoms with Crippen LogP contribution in [0.1, 0.15) is 15.9 Å². The van der Waals surface area contributed by atoms with Crippen LogP contribution in [0.5, 0.6) is 0 Å². The van der Waals surface area contributed by atoms with E-state index in [1.807, 2.05) is 12.1 Å². The zero-order valence-electron chi connectivity index (χ0n) is 10.9. The van der Waals surface area contributed by atoms with Gasteiger partial charge in [0.15, 0.2) is 0 Å². The molecule has 0 spiro atoms. The van der Waals surface area contributed by atoms with Crippen molar-refractivity contribution in [2.45, 2.75) is 12.5 Å². The van der Waals surface area contributed by atoms with E-state index in [2.05, 4.69) is 4.98 Å². The number of rotatable bonds is 2. The largest absolute Gasteiger partial charge is 0.480 e. The molecule has 106 valence electrons. The van der Waals surface area contributed by atoms with Gasteiger partial charge in [-0.1, -0.05) is 29.8 Å². The summed E-state index contributed by atoms with van der Waals surface area (Å²) < 4.78 is 0. The van der Waals surface area contributed by atoms with Gasteiger partial charge >= 0.3 is 5.97 Å². The third-order valence-corrected chi connectivity index (χ3v) is 3.81. The molecule has 1 aliphatic rings. The monoisotopic (exact) mass is 302 g/mol. The highest BCUT2D eigenvalue weighted by Gasteiger charge is 2.39. The second-order valence-electron chi connectivity index (χ2n) is 4.72. The first-order chi connectivity index (χ1) is 10.1. The van der Waals surface area contributed by atoms with E-state index in [0.29, 0.717) is 5.69 Å². The Labute approximate surface area is 125 Å². The van der Waals surface area contributed by atoms with Crippen molar-refractivity contribution in [1.29, 1.82) is 0 Å². The quantitative estimate of drug-likeness (QED) is 0.924. The third kappa shape index (κ3) is 2.25. The number of carboxylic acids is 1. The van der Waals surface area contributed by atoms with Crippen molar-refractivity contribution in [3.63, 3.8) is 0 Å². The molecular weight excluding hydrogens is 292 g/mol. The minimum Gasteiger partial charge on any atom is -0.480 e. The molecule has 1 N–H and O–H groups in total. The summed E-state index contributed by atoms with van der Waals surface area (Å²) >= 11 is 6.02. The number of carbonyl (C=O) groups excluding carboxylic acids is 1. The van der Waals surface area contributed by atoms with Crippen LogP contribution in [0.15, 0.2) is 42.7 Å². The van der Waals surface area contributed by atoms with Crippen molar-refractivity contribution in [3.05, 3.63) is 58.9 Å². The molecule has 1 amide bonds. The minimum atomic E-state index is -1.04. The van der Waals surface area contributed by atoms with Gasteiger partial charge in [0.25, 0.3) is 5.91 Å². The Bertz CT molecular complexity index is 732. The van der Waals surface area contributed by atoms with E-state index in [1.54, 1.807) is 12.1 Å². The fourth-order valence-electron chi connectivity index (χ4n) is 2.50. The topological polar surface area (TPSA) is 70.5 Å². The molecule has 21 heavy (non-hydrogen) atoms. The van der Waals surface area contributed by atoms with Gasteiger partial charge in [-0.2, -0.15) is 0 Å². The predicted molar refractivity (Wildman–Crippen MR) is 77.6 cm³/mol. The number of para-hydroxylation sites is 1. The van der Waals surface area contributed by atoms with Gasteiger partial charge in [-0.05, 0) is 17.7 Å². The van der Waals surface area contributed by atoms with Crippen molar-refractivity contribution in [3.8, 4) is 0 Å². The molecular formula is C15H11ClN2O3. The lowest BCUT2D eigenvalue weighted by Crippen LogP contribution is -2.43. The number of benzene rings is 1. The second kappa shape index (κ2) is 5.18. The highest BCUT2D eigenvalue weighted by Crippen LogP contribution is 2.34. The molecule has 0 unspecified atom stereocenters. The number of aromatic nitrogens is 1. The Morgan fingerprint density at radius 2 is 2.05 bits per heavy atom.